The van der Waals surface area contributed by atoms with Gasteiger partial charge in [0.15, 0.2) is 0 Å². The van der Waals surface area contributed by atoms with E-state index in [1.807, 2.05) is 6.20 Å². The van der Waals surface area contributed by atoms with Gasteiger partial charge in [-0.2, -0.15) is 0 Å². The third-order valence-corrected chi connectivity index (χ3v) is 3.45. The van der Waals surface area contributed by atoms with Crippen molar-refractivity contribution in [2.75, 3.05) is 6.54 Å². The molecule has 0 saturated heterocycles. The topological polar surface area (TPSA) is 76.2 Å². The summed E-state index contributed by atoms with van der Waals surface area (Å²) in [6, 6.07) is 0. The van der Waals surface area contributed by atoms with Gasteiger partial charge in [0.05, 0.1) is 6.42 Å². The maximum absolute atomic E-state index is 10.8. The number of nitrogens with zero attached hydrogens (tertiary/aromatic N) is 1. The van der Waals surface area contributed by atoms with Crippen molar-refractivity contribution < 1.29 is 9.90 Å². The second-order valence-corrected chi connectivity index (χ2v) is 4.60. The Bertz CT molecular complexity index is 418. The molecule has 1 aliphatic carbocycles. The van der Waals surface area contributed by atoms with Crippen LogP contribution in [0.25, 0.3) is 0 Å². The van der Waals surface area contributed by atoms with Crippen LogP contribution in [-0.4, -0.2) is 22.6 Å². The van der Waals surface area contributed by atoms with Crippen LogP contribution in [0.1, 0.15) is 41.9 Å². The van der Waals surface area contributed by atoms with Crippen LogP contribution in [0.15, 0.2) is 12.4 Å². The molecular weight excluding hydrogens is 216 g/mol. The smallest absolute Gasteiger partial charge is 0.304 e. The number of rotatable bonds is 4. The van der Waals surface area contributed by atoms with Crippen LogP contribution in [0.5, 0.6) is 0 Å². The molecule has 0 aromatic carbocycles. The first kappa shape index (κ1) is 12.0. The molecule has 0 aliphatic heterocycles. The highest BCUT2D eigenvalue weighted by molar-refractivity contribution is 5.68. The van der Waals surface area contributed by atoms with Gasteiger partial charge in [-0.15, -0.1) is 0 Å². The summed E-state index contributed by atoms with van der Waals surface area (Å²) in [6.07, 6.45) is 8.26. The van der Waals surface area contributed by atoms with Gasteiger partial charge < -0.3 is 10.8 Å². The number of hydrogen-bond acceptors (Lipinski definition) is 3. The average Bonchev–Trinajstić information content (AvgIpc) is 2.35. The van der Waals surface area contributed by atoms with Gasteiger partial charge in [0.25, 0.3) is 0 Å². The van der Waals surface area contributed by atoms with Crippen molar-refractivity contribution in [3.05, 3.63) is 29.1 Å². The van der Waals surface area contributed by atoms with E-state index in [2.05, 4.69) is 4.98 Å². The lowest BCUT2D eigenvalue weighted by Crippen LogP contribution is -2.19. The third kappa shape index (κ3) is 2.64. The lowest BCUT2D eigenvalue weighted by atomic mass is 9.84. The number of fused-ring (bicyclic) bond motifs is 1. The summed E-state index contributed by atoms with van der Waals surface area (Å²) in [4.78, 5) is 15.1. The minimum absolute atomic E-state index is 0.0919. The van der Waals surface area contributed by atoms with Gasteiger partial charge in [-0.1, -0.05) is 0 Å². The first-order chi connectivity index (χ1) is 8.22. The molecule has 0 amide bonds. The first-order valence-electron chi connectivity index (χ1n) is 6.10. The number of aliphatic carboxylic acids is 1. The molecule has 3 N–H and O–H groups in total. The van der Waals surface area contributed by atoms with Gasteiger partial charge in [0.1, 0.15) is 0 Å². The van der Waals surface area contributed by atoms with Crippen LogP contribution in [-0.2, 0) is 17.6 Å². The molecule has 0 spiro atoms. The fraction of sp³-hybridized carbons (Fsp3) is 0.538. The van der Waals surface area contributed by atoms with Gasteiger partial charge >= 0.3 is 5.97 Å². The number of carboxylic acid groups (broad SMARTS) is 1. The molecule has 1 atom stereocenters. The Morgan fingerprint density at radius 3 is 2.88 bits per heavy atom. The molecule has 2 rings (SSSR count). The zero-order valence-corrected chi connectivity index (χ0v) is 9.85. The highest BCUT2D eigenvalue weighted by Crippen LogP contribution is 2.29. The fourth-order valence-electron chi connectivity index (χ4n) is 2.57. The molecule has 1 aromatic heterocycles. The molecule has 4 heteroatoms. The third-order valence-electron chi connectivity index (χ3n) is 3.45. The largest absolute Gasteiger partial charge is 0.481 e. The van der Waals surface area contributed by atoms with Crippen molar-refractivity contribution in [3.63, 3.8) is 0 Å². The lowest BCUT2D eigenvalue weighted by molar-refractivity contribution is -0.137. The normalized spacial score (nSPS) is 16.3. The Morgan fingerprint density at radius 2 is 2.18 bits per heavy atom. The van der Waals surface area contributed by atoms with Crippen molar-refractivity contribution >= 4 is 5.97 Å². The number of nitrogens with two attached hydrogens (primary N) is 1. The summed E-state index contributed by atoms with van der Waals surface area (Å²) in [5.41, 5.74) is 9.31. The summed E-state index contributed by atoms with van der Waals surface area (Å²) < 4.78 is 0. The Kier molecular flexibility index (Phi) is 3.74. The van der Waals surface area contributed by atoms with E-state index in [9.17, 15) is 4.79 Å². The van der Waals surface area contributed by atoms with Gasteiger partial charge in [-0.25, -0.2) is 0 Å². The number of aromatic nitrogens is 1. The van der Waals surface area contributed by atoms with Gasteiger partial charge in [-0.3, -0.25) is 9.78 Å². The van der Waals surface area contributed by atoms with Gasteiger partial charge in [-0.05, 0) is 48.9 Å². The summed E-state index contributed by atoms with van der Waals surface area (Å²) >= 11 is 0. The van der Waals surface area contributed by atoms with E-state index in [4.69, 9.17) is 10.8 Å². The van der Waals surface area contributed by atoms with Crippen LogP contribution in [0, 0.1) is 0 Å². The number of carbonyl (C=O) groups is 1. The molecular formula is C13H18N2O2. The number of carboxylic acids is 1. The molecule has 1 aromatic rings. The molecule has 0 fully saturated rings. The van der Waals surface area contributed by atoms with Crippen molar-refractivity contribution in [1.82, 2.24) is 4.98 Å². The van der Waals surface area contributed by atoms with Crippen LogP contribution in [0.3, 0.4) is 0 Å². The minimum Gasteiger partial charge on any atom is -0.481 e. The second-order valence-electron chi connectivity index (χ2n) is 4.60. The van der Waals surface area contributed by atoms with Crippen molar-refractivity contribution in [3.8, 4) is 0 Å². The monoisotopic (exact) mass is 234 g/mol. The minimum atomic E-state index is -0.797. The summed E-state index contributed by atoms with van der Waals surface area (Å²) in [5, 5.41) is 8.90. The Balaban J connectivity index is 2.32. The molecule has 0 radical (unpaired) electrons. The maximum atomic E-state index is 10.8. The lowest BCUT2D eigenvalue weighted by Gasteiger charge is -2.22. The summed E-state index contributed by atoms with van der Waals surface area (Å²) in [6.45, 7) is 0.366. The van der Waals surface area contributed by atoms with Crippen LogP contribution in [0.4, 0.5) is 0 Å². The van der Waals surface area contributed by atoms with Crippen LogP contribution >= 0.6 is 0 Å². The van der Waals surface area contributed by atoms with E-state index in [1.54, 1.807) is 6.20 Å². The predicted octanol–water partition coefficient (Wildman–Crippen LogP) is 1.48. The van der Waals surface area contributed by atoms with Crippen molar-refractivity contribution in [2.24, 2.45) is 5.73 Å². The van der Waals surface area contributed by atoms with E-state index >= 15 is 0 Å². The highest BCUT2D eigenvalue weighted by Gasteiger charge is 2.21. The van der Waals surface area contributed by atoms with Gasteiger partial charge in [0.2, 0.25) is 0 Å². The molecule has 4 nitrogen and oxygen atoms in total. The van der Waals surface area contributed by atoms with E-state index in [-0.39, 0.29) is 12.3 Å². The van der Waals surface area contributed by atoms with Crippen LogP contribution < -0.4 is 5.73 Å². The molecule has 0 bridgehead atoms. The maximum Gasteiger partial charge on any atom is 0.304 e. The van der Waals surface area contributed by atoms with Crippen LogP contribution in [0.2, 0.25) is 0 Å². The van der Waals surface area contributed by atoms with Crippen molar-refractivity contribution in [1.29, 1.82) is 0 Å². The fourth-order valence-corrected chi connectivity index (χ4v) is 2.57. The average molecular weight is 234 g/mol. The van der Waals surface area contributed by atoms with E-state index in [0.29, 0.717) is 6.54 Å². The molecule has 17 heavy (non-hydrogen) atoms. The number of aryl methyl sites for hydroxylation is 1. The zero-order chi connectivity index (χ0) is 12.3. The molecule has 0 saturated carbocycles. The highest BCUT2D eigenvalue weighted by atomic mass is 16.4. The van der Waals surface area contributed by atoms with E-state index in [0.717, 1.165) is 18.4 Å². The SMILES string of the molecule is NCC(CC(=O)O)c1cncc2c1CCCC2. The molecule has 1 unspecified atom stereocenters. The molecule has 1 heterocycles. The Morgan fingerprint density at radius 1 is 1.41 bits per heavy atom. The Labute approximate surface area is 101 Å². The Hall–Kier alpha value is -1.42. The standard InChI is InChI=1S/C13H18N2O2/c14-6-10(5-13(16)17)12-8-15-7-9-3-1-2-4-11(9)12/h7-8,10H,1-6,14H2,(H,16,17). The second kappa shape index (κ2) is 5.27. The zero-order valence-electron chi connectivity index (χ0n) is 9.85. The summed E-state index contributed by atoms with van der Waals surface area (Å²) in [5.74, 6) is -0.901. The predicted molar refractivity (Wildman–Crippen MR) is 64.9 cm³/mol. The summed E-state index contributed by atoms with van der Waals surface area (Å²) in [7, 11) is 0. The first-order valence-corrected chi connectivity index (χ1v) is 6.10. The van der Waals surface area contributed by atoms with E-state index < -0.39 is 5.97 Å². The molecule has 1 aliphatic rings. The van der Waals surface area contributed by atoms with E-state index in [1.165, 1.54) is 24.0 Å². The number of pyridine rings is 1. The molecule has 92 valence electrons. The van der Waals surface area contributed by atoms with Crippen molar-refractivity contribution in [2.45, 2.75) is 38.0 Å². The number of hydrogen-bond donors (Lipinski definition) is 2. The van der Waals surface area contributed by atoms with Gasteiger partial charge in [0, 0.05) is 18.3 Å². The quantitative estimate of drug-likeness (QED) is 0.827.